The van der Waals surface area contributed by atoms with Gasteiger partial charge in [0.05, 0.1) is 33.6 Å². The van der Waals surface area contributed by atoms with E-state index in [0.29, 0.717) is 23.8 Å². The normalized spacial score (nSPS) is 10.5. The first-order valence-corrected chi connectivity index (χ1v) is 8.01. The van der Waals surface area contributed by atoms with Crippen molar-refractivity contribution < 1.29 is 23.5 Å². The van der Waals surface area contributed by atoms with Crippen LogP contribution in [-0.2, 0) is 17.9 Å². The van der Waals surface area contributed by atoms with Gasteiger partial charge in [-0.15, -0.1) is 0 Å². The minimum absolute atomic E-state index is 0.0589. The number of furan rings is 1. The minimum atomic E-state index is -0.568. The van der Waals surface area contributed by atoms with Crippen molar-refractivity contribution in [1.82, 2.24) is 15.5 Å². The van der Waals surface area contributed by atoms with Gasteiger partial charge in [-0.1, -0.05) is 6.07 Å². The van der Waals surface area contributed by atoms with Gasteiger partial charge in [0.15, 0.2) is 0 Å². The lowest BCUT2D eigenvalue weighted by Crippen LogP contribution is -2.43. The highest BCUT2D eigenvalue weighted by atomic mass is 16.5. The minimum Gasteiger partial charge on any atom is -0.497 e. The van der Waals surface area contributed by atoms with E-state index in [-0.39, 0.29) is 13.1 Å². The van der Waals surface area contributed by atoms with E-state index in [0.717, 1.165) is 5.56 Å². The number of nitrogens with one attached hydrogen (secondary N) is 2. The molecule has 2 N–H and O–H groups in total. The number of rotatable bonds is 8. The Morgan fingerprint density at radius 3 is 2.65 bits per heavy atom. The molecule has 0 aliphatic carbocycles. The SMILES string of the molecule is COc1ccc(CN(C)CC(=O)NC(=O)NCc2ccco2)c(OC)c1. The van der Waals surface area contributed by atoms with E-state index in [2.05, 4.69) is 10.6 Å². The van der Waals surface area contributed by atoms with E-state index >= 15 is 0 Å². The van der Waals surface area contributed by atoms with Gasteiger partial charge in [-0.25, -0.2) is 4.79 Å². The van der Waals surface area contributed by atoms with Crippen molar-refractivity contribution in [2.24, 2.45) is 0 Å². The number of nitrogens with zero attached hydrogens (tertiary/aromatic N) is 1. The molecule has 0 atom stereocenters. The molecule has 0 spiro atoms. The highest BCUT2D eigenvalue weighted by Crippen LogP contribution is 2.25. The maximum atomic E-state index is 12.0. The fourth-order valence-corrected chi connectivity index (χ4v) is 2.37. The zero-order valence-electron chi connectivity index (χ0n) is 15.1. The number of methoxy groups -OCH3 is 2. The summed E-state index contributed by atoms with van der Waals surface area (Å²) in [6, 6.07) is 8.38. The summed E-state index contributed by atoms with van der Waals surface area (Å²) in [7, 11) is 4.94. The summed E-state index contributed by atoms with van der Waals surface area (Å²) in [6.45, 7) is 0.753. The molecule has 1 aromatic heterocycles. The van der Waals surface area contributed by atoms with Gasteiger partial charge >= 0.3 is 6.03 Å². The van der Waals surface area contributed by atoms with Crippen molar-refractivity contribution in [2.45, 2.75) is 13.1 Å². The Morgan fingerprint density at radius 1 is 1.19 bits per heavy atom. The molecule has 0 unspecified atom stereocenters. The molecule has 8 nitrogen and oxygen atoms in total. The number of carbonyl (C=O) groups excluding carboxylic acids is 2. The monoisotopic (exact) mass is 361 g/mol. The smallest absolute Gasteiger partial charge is 0.321 e. The summed E-state index contributed by atoms with van der Waals surface area (Å²) in [4.78, 5) is 25.5. The number of urea groups is 1. The highest BCUT2D eigenvalue weighted by molar-refractivity contribution is 5.95. The number of hydrogen-bond donors (Lipinski definition) is 2. The Bertz CT molecular complexity index is 730. The van der Waals surface area contributed by atoms with Crippen LogP contribution in [0.5, 0.6) is 11.5 Å². The molecule has 0 aliphatic rings. The molecule has 1 aromatic carbocycles. The fourth-order valence-electron chi connectivity index (χ4n) is 2.37. The maximum Gasteiger partial charge on any atom is 0.321 e. The van der Waals surface area contributed by atoms with Crippen LogP contribution in [0.15, 0.2) is 41.0 Å². The maximum absolute atomic E-state index is 12.0. The predicted octanol–water partition coefficient (Wildman–Crippen LogP) is 1.75. The summed E-state index contributed by atoms with van der Waals surface area (Å²) in [5.74, 6) is 1.57. The molecule has 0 fully saturated rings. The van der Waals surface area contributed by atoms with Gasteiger partial charge in [-0.05, 0) is 25.2 Å². The third-order valence-corrected chi connectivity index (χ3v) is 3.60. The van der Waals surface area contributed by atoms with Gasteiger partial charge in [0.2, 0.25) is 5.91 Å². The van der Waals surface area contributed by atoms with Crippen molar-refractivity contribution in [3.05, 3.63) is 47.9 Å². The first-order valence-electron chi connectivity index (χ1n) is 8.01. The van der Waals surface area contributed by atoms with Crippen LogP contribution in [-0.4, -0.2) is 44.7 Å². The second-order valence-corrected chi connectivity index (χ2v) is 5.66. The molecular formula is C18H23N3O5. The molecule has 26 heavy (non-hydrogen) atoms. The van der Waals surface area contributed by atoms with Crippen LogP contribution in [0.25, 0.3) is 0 Å². The lowest BCUT2D eigenvalue weighted by molar-refractivity contribution is -0.121. The van der Waals surface area contributed by atoms with E-state index in [1.165, 1.54) is 6.26 Å². The molecule has 0 radical (unpaired) electrons. The number of hydrogen-bond acceptors (Lipinski definition) is 6. The highest BCUT2D eigenvalue weighted by Gasteiger charge is 2.13. The third-order valence-electron chi connectivity index (χ3n) is 3.60. The Labute approximate surface area is 152 Å². The van der Waals surface area contributed by atoms with Gasteiger partial charge in [0.1, 0.15) is 17.3 Å². The fraction of sp³-hybridized carbons (Fsp3) is 0.333. The van der Waals surface area contributed by atoms with Crippen LogP contribution in [0.4, 0.5) is 4.79 Å². The lowest BCUT2D eigenvalue weighted by Gasteiger charge is -2.18. The Balaban J connectivity index is 1.80. The molecule has 0 saturated heterocycles. The molecule has 0 bridgehead atoms. The van der Waals surface area contributed by atoms with Gasteiger partial charge in [0.25, 0.3) is 0 Å². The molecule has 2 aromatic rings. The van der Waals surface area contributed by atoms with E-state index in [1.807, 2.05) is 12.1 Å². The van der Waals surface area contributed by atoms with Crippen molar-refractivity contribution in [1.29, 1.82) is 0 Å². The summed E-state index contributed by atoms with van der Waals surface area (Å²) in [6.07, 6.45) is 1.52. The molecule has 1 heterocycles. The third kappa shape index (κ3) is 5.82. The predicted molar refractivity (Wildman–Crippen MR) is 95.0 cm³/mol. The van der Waals surface area contributed by atoms with Gasteiger partial charge < -0.3 is 19.2 Å². The van der Waals surface area contributed by atoms with Crippen LogP contribution >= 0.6 is 0 Å². The number of benzene rings is 1. The summed E-state index contributed by atoms with van der Waals surface area (Å²) in [5.41, 5.74) is 0.908. The quantitative estimate of drug-likeness (QED) is 0.744. The van der Waals surface area contributed by atoms with E-state index < -0.39 is 11.9 Å². The largest absolute Gasteiger partial charge is 0.497 e. The number of carbonyl (C=O) groups is 2. The second-order valence-electron chi connectivity index (χ2n) is 5.66. The van der Waals surface area contributed by atoms with Gasteiger partial charge in [-0.3, -0.25) is 15.0 Å². The number of amides is 3. The lowest BCUT2D eigenvalue weighted by atomic mass is 10.2. The first-order chi connectivity index (χ1) is 12.5. The Hall–Kier alpha value is -3.00. The van der Waals surface area contributed by atoms with E-state index in [9.17, 15) is 9.59 Å². The zero-order chi connectivity index (χ0) is 18.9. The molecule has 8 heteroatoms. The summed E-state index contributed by atoms with van der Waals surface area (Å²) < 4.78 is 15.6. The average Bonchev–Trinajstić information content (AvgIpc) is 3.13. The summed E-state index contributed by atoms with van der Waals surface area (Å²) in [5, 5.41) is 4.84. The topological polar surface area (TPSA) is 93.0 Å². The van der Waals surface area contributed by atoms with Gasteiger partial charge in [0, 0.05) is 18.2 Å². The number of imide groups is 1. The second kappa shape index (κ2) is 9.47. The molecule has 140 valence electrons. The number of ether oxygens (including phenoxy) is 2. The summed E-state index contributed by atoms with van der Waals surface area (Å²) >= 11 is 0. The molecule has 0 saturated carbocycles. The number of likely N-dealkylation sites (N-methyl/N-ethyl adjacent to an activating group) is 1. The average molecular weight is 361 g/mol. The van der Waals surface area contributed by atoms with Crippen LogP contribution in [0, 0.1) is 0 Å². The molecule has 0 aliphatic heterocycles. The van der Waals surface area contributed by atoms with Crippen LogP contribution in [0.3, 0.4) is 0 Å². The van der Waals surface area contributed by atoms with Crippen LogP contribution in [0.2, 0.25) is 0 Å². The van der Waals surface area contributed by atoms with E-state index in [1.54, 1.807) is 44.4 Å². The van der Waals surface area contributed by atoms with Crippen molar-refractivity contribution in [3.8, 4) is 11.5 Å². The Kier molecular flexibility index (Phi) is 7.04. The standard InChI is InChI=1S/C18H23N3O5/c1-21(11-13-6-7-14(24-2)9-16(13)25-3)12-17(22)20-18(23)19-10-15-5-4-8-26-15/h4-9H,10-12H2,1-3H3,(H2,19,20,22,23). The van der Waals surface area contributed by atoms with Crippen molar-refractivity contribution >= 4 is 11.9 Å². The molecular weight excluding hydrogens is 338 g/mol. The van der Waals surface area contributed by atoms with Crippen molar-refractivity contribution in [3.63, 3.8) is 0 Å². The van der Waals surface area contributed by atoms with Crippen molar-refractivity contribution in [2.75, 3.05) is 27.8 Å². The van der Waals surface area contributed by atoms with Crippen LogP contribution < -0.4 is 20.1 Å². The van der Waals surface area contributed by atoms with Crippen LogP contribution in [0.1, 0.15) is 11.3 Å². The zero-order valence-corrected chi connectivity index (χ0v) is 15.1. The Morgan fingerprint density at radius 2 is 2.00 bits per heavy atom. The van der Waals surface area contributed by atoms with E-state index in [4.69, 9.17) is 13.9 Å². The molecule has 2 rings (SSSR count). The molecule has 3 amide bonds. The first kappa shape index (κ1) is 19.3. The van der Waals surface area contributed by atoms with Gasteiger partial charge in [-0.2, -0.15) is 0 Å².